The fourth-order valence-electron chi connectivity index (χ4n) is 3.35. The Hall–Kier alpha value is -2.80. The molecule has 140 valence electrons. The van der Waals surface area contributed by atoms with Crippen LogP contribution in [-0.4, -0.2) is 31.8 Å². The van der Waals surface area contributed by atoms with Crippen molar-refractivity contribution in [3.8, 4) is 22.8 Å². The van der Waals surface area contributed by atoms with Crippen LogP contribution >= 0.6 is 11.3 Å². The number of ether oxygens (including phenoxy) is 2. The van der Waals surface area contributed by atoms with Gasteiger partial charge in [0.2, 0.25) is 0 Å². The largest absolute Gasteiger partial charge is 0.493 e. The fraction of sp³-hybridized carbons (Fsp3) is 0.300. The van der Waals surface area contributed by atoms with Crippen LogP contribution in [0, 0.1) is 0 Å². The molecule has 2 heterocycles. The number of methoxy groups -OCH3 is 2. The number of thiophene rings is 1. The van der Waals surface area contributed by atoms with E-state index in [1.165, 1.54) is 4.88 Å². The van der Waals surface area contributed by atoms with Gasteiger partial charge in [-0.25, -0.2) is 0 Å². The van der Waals surface area contributed by atoms with E-state index in [2.05, 4.69) is 10.5 Å². The second-order valence-corrected chi connectivity index (χ2v) is 7.29. The molecular formula is C20H20N2O4S. The Bertz CT molecular complexity index is 976. The molecule has 4 rings (SSSR count). The molecule has 0 unspecified atom stereocenters. The minimum absolute atomic E-state index is 0.195. The van der Waals surface area contributed by atoms with Gasteiger partial charge in [-0.3, -0.25) is 4.79 Å². The first-order chi connectivity index (χ1) is 13.2. The smallest absolute Gasteiger partial charge is 0.273 e. The lowest BCUT2D eigenvalue weighted by atomic mass is 9.95. The summed E-state index contributed by atoms with van der Waals surface area (Å²) in [4.78, 5) is 13.9. The number of benzene rings is 1. The van der Waals surface area contributed by atoms with Gasteiger partial charge in [-0.05, 0) is 48.4 Å². The third kappa shape index (κ3) is 3.30. The molecule has 27 heavy (non-hydrogen) atoms. The molecule has 1 aliphatic carbocycles. The molecule has 0 atom stereocenters. The lowest BCUT2D eigenvalue weighted by Gasteiger charge is -2.11. The van der Waals surface area contributed by atoms with Crippen LogP contribution < -0.4 is 14.8 Å². The molecular weight excluding hydrogens is 364 g/mol. The Morgan fingerprint density at radius 1 is 1.22 bits per heavy atom. The number of aryl methyl sites for hydroxylation is 1. The van der Waals surface area contributed by atoms with Crippen LogP contribution in [0.3, 0.4) is 0 Å². The van der Waals surface area contributed by atoms with Crippen molar-refractivity contribution in [1.82, 2.24) is 10.5 Å². The molecule has 0 saturated carbocycles. The molecule has 0 bridgehead atoms. The lowest BCUT2D eigenvalue weighted by molar-refractivity contribution is 0.0944. The predicted molar refractivity (Wildman–Crippen MR) is 103 cm³/mol. The van der Waals surface area contributed by atoms with Gasteiger partial charge in [0.15, 0.2) is 23.0 Å². The Morgan fingerprint density at radius 3 is 2.89 bits per heavy atom. The quantitative estimate of drug-likeness (QED) is 0.704. The summed E-state index contributed by atoms with van der Waals surface area (Å²) >= 11 is 1.72. The Kier molecular flexibility index (Phi) is 4.85. The van der Waals surface area contributed by atoms with E-state index in [-0.39, 0.29) is 5.91 Å². The molecule has 0 aliphatic heterocycles. The fourth-order valence-corrected chi connectivity index (χ4v) is 4.22. The van der Waals surface area contributed by atoms with Crippen LogP contribution in [0.25, 0.3) is 11.3 Å². The van der Waals surface area contributed by atoms with E-state index in [0.717, 1.165) is 35.3 Å². The molecule has 1 N–H and O–H groups in total. The van der Waals surface area contributed by atoms with E-state index in [1.807, 2.05) is 29.6 Å². The van der Waals surface area contributed by atoms with Crippen molar-refractivity contribution in [2.24, 2.45) is 0 Å². The van der Waals surface area contributed by atoms with E-state index in [0.29, 0.717) is 30.2 Å². The molecule has 0 radical (unpaired) electrons. The monoisotopic (exact) mass is 384 g/mol. The van der Waals surface area contributed by atoms with E-state index in [1.54, 1.807) is 25.6 Å². The van der Waals surface area contributed by atoms with Crippen LogP contribution in [0.5, 0.6) is 11.5 Å². The van der Waals surface area contributed by atoms with Gasteiger partial charge < -0.3 is 19.3 Å². The first-order valence-corrected chi connectivity index (χ1v) is 9.63. The molecule has 0 fully saturated rings. The van der Waals surface area contributed by atoms with Gasteiger partial charge in [0, 0.05) is 22.5 Å². The lowest BCUT2D eigenvalue weighted by Crippen LogP contribution is -2.27. The molecule has 0 saturated heterocycles. The van der Waals surface area contributed by atoms with E-state index in [9.17, 15) is 4.79 Å². The van der Waals surface area contributed by atoms with Crippen molar-refractivity contribution in [2.75, 3.05) is 20.8 Å². The van der Waals surface area contributed by atoms with Crippen LogP contribution in [0.1, 0.15) is 26.5 Å². The summed E-state index contributed by atoms with van der Waals surface area (Å²) < 4.78 is 16.0. The Morgan fingerprint density at radius 2 is 2.07 bits per heavy atom. The maximum absolute atomic E-state index is 12.6. The van der Waals surface area contributed by atoms with E-state index in [4.69, 9.17) is 14.0 Å². The second-order valence-electron chi connectivity index (χ2n) is 6.29. The van der Waals surface area contributed by atoms with E-state index < -0.39 is 0 Å². The summed E-state index contributed by atoms with van der Waals surface area (Å²) in [5, 5.41) is 9.02. The number of fused-ring (bicyclic) bond motifs is 3. The topological polar surface area (TPSA) is 73.6 Å². The van der Waals surface area contributed by atoms with Crippen LogP contribution in [0.2, 0.25) is 0 Å². The standard InChI is InChI=1S/C20H20N2O4S/c1-24-15-5-3-12(11-16(15)25-2)7-9-21-20(23)18-14-4-6-17-13(8-10-27-17)19(14)26-22-18/h3,5,8,10-11H,4,6-7,9H2,1-2H3,(H,21,23). The highest BCUT2D eigenvalue weighted by molar-refractivity contribution is 7.10. The van der Waals surface area contributed by atoms with Gasteiger partial charge in [-0.1, -0.05) is 11.2 Å². The summed E-state index contributed by atoms with van der Waals surface area (Å²) in [5.41, 5.74) is 3.43. The number of nitrogens with one attached hydrogen (secondary N) is 1. The number of carbonyl (C=O) groups is 1. The number of hydrogen-bond donors (Lipinski definition) is 1. The van der Waals surface area contributed by atoms with Crippen LogP contribution in [-0.2, 0) is 19.3 Å². The van der Waals surface area contributed by atoms with Gasteiger partial charge in [0.05, 0.1) is 14.2 Å². The Labute approximate surface area is 161 Å². The predicted octanol–water partition coefficient (Wildman–Crippen LogP) is 3.49. The average Bonchev–Trinajstić information content (AvgIpc) is 3.33. The van der Waals surface area contributed by atoms with Gasteiger partial charge in [0.25, 0.3) is 5.91 Å². The zero-order chi connectivity index (χ0) is 18.8. The van der Waals surface area contributed by atoms with Crippen molar-refractivity contribution >= 4 is 17.2 Å². The highest BCUT2D eigenvalue weighted by atomic mass is 32.1. The maximum atomic E-state index is 12.6. The van der Waals surface area contributed by atoms with E-state index >= 15 is 0 Å². The van der Waals surface area contributed by atoms with Crippen LogP contribution in [0.4, 0.5) is 0 Å². The van der Waals surface area contributed by atoms with Gasteiger partial charge in [0.1, 0.15) is 0 Å². The minimum atomic E-state index is -0.195. The summed E-state index contributed by atoms with van der Waals surface area (Å²) in [6, 6.07) is 7.77. The number of amides is 1. The molecule has 0 spiro atoms. The molecule has 1 aromatic carbocycles. The summed E-state index contributed by atoms with van der Waals surface area (Å²) in [6.07, 6.45) is 2.39. The third-order valence-electron chi connectivity index (χ3n) is 4.74. The van der Waals surface area contributed by atoms with Crippen LogP contribution in [0.15, 0.2) is 34.2 Å². The Balaban J connectivity index is 1.41. The van der Waals surface area contributed by atoms with Gasteiger partial charge in [-0.15, -0.1) is 11.3 Å². The normalized spacial score (nSPS) is 12.2. The summed E-state index contributed by atoms with van der Waals surface area (Å²) in [5.74, 6) is 1.91. The molecule has 1 amide bonds. The number of aromatic nitrogens is 1. The van der Waals surface area contributed by atoms with Crippen molar-refractivity contribution in [1.29, 1.82) is 0 Å². The zero-order valence-corrected chi connectivity index (χ0v) is 16.0. The number of nitrogens with zero attached hydrogens (tertiary/aromatic N) is 1. The van der Waals surface area contributed by atoms with Gasteiger partial charge in [-0.2, -0.15) is 0 Å². The molecule has 7 heteroatoms. The summed E-state index contributed by atoms with van der Waals surface area (Å²) in [7, 11) is 3.21. The SMILES string of the molecule is COc1ccc(CCNC(=O)c2noc3c2CCc2sccc2-3)cc1OC. The first-order valence-electron chi connectivity index (χ1n) is 8.75. The maximum Gasteiger partial charge on any atom is 0.273 e. The zero-order valence-electron chi connectivity index (χ0n) is 15.2. The van der Waals surface area contributed by atoms with Gasteiger partial charge >= 0.3 is 0 Å². The number of hydrogen-bond acceptors (Lipinski definition) is 6. The second kappa shape index (κ2) is 7.44. The third-order valence-corrected chi connectivity index (χ3v) is 5.72. The molecule has 1 aliphatic rings. The number of rotatable bonds is 6. The minimum Gasteiger partial charge on any atom is -0.493 e. The van der Waals surface area contributed by atoms with Crippen molar-refractivity contribution in [3.63, 3.8) is 0 Å². The van der Waals surface area contributed by atoms with Crippen molar-refractivity contribution in [3.05, 3.63) is 51.3 Å². The van der Waals surface area contributed by atoms with Crippen molar-refractivity contribution in [2.45, 2.75) is 19.3 Å². The molecule has 3 aromatic rings. The first kappa shape index (κ1) is 17.6. The summed E-state index contributed by atoms with van der Waals surface area (Å²) in [6.45, 7) is 0.500. The molecule has 6 nitrogen and oxygen atoms in total. The van der Waals surface area contributed by atoms with Crippen molar-refractivity contribution < 1.29 is 18.8 Å². The highest BCUT2D eigenvalue weighted by Gasteiger charge is 2.28. The molecule has 2 aromatic heterocycles. The number of carbonyl (C=O) groups excluding carboxylic acids is 1. The highest BCUT2D eigenvalue weighted by Crippen LogP contribution is 2.38. The average molecular weight is 384 g/mol.